The average Bonchev–Trinajstić information content (AvgIpc) is 3.19. The molecule has 0 spiro atoms. The van der Waals surface area contributed by atoms with Crippen LogP contribution in [0.2, 0.25) is 0 Å². The van der Waals surface area contributed by atoms with Gasteiger partial charge in [-0.3, -0.25) is 9.97 Å². The van der Waals surface area contributed by atoms with E-state index in [2.05, 4.69) is 157 Å². The molecule has 0 radical (unpaired) electrons. The van der Waals surface area contributed by atoms with Gasteiger partial charge in [0.05, 0.1) is 11.2 Å². The van der Waals surface area contributed by atoms with Crippen molar-refractivity contribution in [3.05, 3.63) is 203 Å². The molecule has 6 aromatic carbocycles. The van der Waals surface area contributed by atoms with Gasteiger partial charge in [0.15, 0.2) is 0 Å². The van der Waals surface area contributed by atoms with Crippen molar-refractivity contribution in [2.45, 2.75) is 6.42 Å². The Morgan fingerprint density at radius 2 is 1.10 bits per heavy atom. The smallest absolute Gasteiger partial charge is 0.0718 e. The second kappa shape index (κ2) is 11.6. The maximum atomic E-state index is 4.94. The molecule has 0 saturated carbocycles. The van der Waals surface area contributed by atoms with Gasteiger partial charge >= 0.3 is 0 Å². The van der Waals surface area contributed by atoms with Gasteiger partial charge in [0.1, 0.15) is 0 Å². The predicted molar refractivity (Wildman–Crippen MR) is 208 cm³/mol. The third kappa shape index (κ3) is 4.80. The minimum absolute atomic E-state index is 0.242. The standard InChI is InChI=1S/C48H32N2/c1-3-11-33-25-37(19-17-31(33)9-1)47-41-14-6-7-15-42(41)48(38-20-18-32-10-2-4-12-34(32)26-38)44-28-35(21-23-43(44)47)39-22-24-46(49-29-39)40-27-36-13-5-8-16-45(36)50-30-40/h1-14,16-30,42H,15H2. The molecule has 0 saturated heterocycles. The van der Waals surface area contributed by atoms with Crippen LogP contribution >= 0.6 is 0 Å². The third-order valence-electron chi connectivity index (χ3n) is 10.5. The highest BCUT2D eigenvalue weighted by Crippen LogP contribution is 2.41. The molecule has 0 amide bonds. The Balaban J connectivity index is 1.20. The minimum Gasteiger partial charge on any atom is -0.256 e. The highest BCUT2D eigenvalue weighted by molar-refractivity contribution is 5.95. The molecular formula is C48H32N2. The normalized spacial score (nSPS) is 15.3. The zero-order valence-corrected chi connectivity index (χ0v) is 27.4. The van der Waals surface area contributed by atoms with E-state index in [-0.39, 0.29) is 5.92 Å². The molecule has 234 valence electrons. The van der Waals surface area contributed by atoms with Crippen LogP contribution in [-0.2, 0) is 0 Å². The first-order valence-electron chi connectivity index (χ1n) is 17.3. The van der Waals surface area contributed by atoms with Crippen LogP contribution in [0.4, 0.5) is 0 Å². The van der Waals surface area contributed by atoms with E-state index in [9.17, 15) is 0 Å². The highest BCUT2D eigenvalue weighted by Gasteiger charge is 2.29. The van der Waals surface area contributed by atoms with Crippen molar-refractivity contribution in [1.82, 2.24) is 9.97 Å². The van der Waals surface area contributed by atoms with E-state index >= 15 is 0 Å². The van der Waals surface area contributed by atoms with E-state index in [0.717, 1.165) is 39.7 Å². The van der Waals surface area contributed by atoms with Crippen LogP contribution < -0.4 is 10.4 Å². The molecule has 2 aliphatic rings. The monoisotopic (exact) mass is 636 g/mol. The molecule has 0 bridgehead atoms. The number of benzene rings is 6. The molecule has 0 N–H and O–H groups in total. The van der Waals surface area contributed by atoms with Crippen LogP contribution in [0.25, 0.3) is 66.0 Å². The fourth-order valence-corrected chi connectivity index (χ4v) is 8.00. The van der Waals surface area contributed by atoms with Gasteiger partial charge in [0.25, 0.3) is 0 Å². The molecule has 2 heterocycles. The summed E-state index contributed by atoms with van der Waals surface area (Å²) in [4.78, 5) is 9.61. The zero-order valence-electron chi connectivity index (χ0n) is 27.4. The van der Waals surface area contributed by atoms with E-state index in [1.165, 1.54) is 59.8 Å². The lowest BCUT2D eigenvalue weighted by Gasteiger charge is -2.31. The lowest BCUT2D eigenvalue weighted by Crippen LogP contribution is -2.38. The van der Waals surface area contributed by atoms with E-state index in [4.69, 9.17) is 4.98 Å². The topological polar surface area (TPSA) is 25.8 Å². The second-order valence-corrected chi connectivity index (χ2v) is 13.4. The Morgan fingerprint density at radius 3 is 1.88 bits per heavy atom. The molecule has 50 heavy (non-hydrogen) atoms. The lowest BCUT2D eigenvalue weighted by atomic mass is 9.72. The summed E-state index contributed by atoms with van der Waals surface area (Å²) in [6.45, 7) is 0. The Kier molecular flexibility index (Phi) is 6.67. The number of fused-ring (bicyclic) bond motifs is 5. The largest absolute Gasteiger partial charge is 0.256 e. The summed E-state index contributed by atoms with van der Waals surface area (Å²) < 4.78 is 0. The molecule has 2 nitrogen and oxygen atoms in total. The number of para-hydroxylation sites is 1. The number of nitrogens with zero attached hydrogens (tertiary/aromatic N) is 2. The number of allylic oxidation sites excluding steroid dienone is 4. The molecule has 10 rings (SSSR count). The zero-order chi connectivity index (χ0) is 33.0. The number of hydrogen-bond acceptors (Lipinski definition) is 2. The molecule has 2 aromatic heterocycles. The maximum absolute atomic E-state index is 4.94. The summed E-state index contributed by atoms with van der Waals surface area (Å²) in [5, 5.41) is 8.73. The first-order chi connectivity index (χ1) is 24.8. The average molecular weight is 637 g/mol. The van der Waals surface area contributed by atoms with Gasteiger partial charge < -0.3 is 0 Å². The number of rotatable bonds is 4. The summed E-state index contributed by atoms with van der Waals surface area (Å²) in [5.41, 5.74) is 11.8. The fourth-order valence-electron chi connectivity index (χ4n) is 8.00. The number of hydrogen-bond donors (Lipinski definition) is 0. The van der Waals surface area contributed by atoms with Crippen LogP contribution in [-0.4, -0.2) is 9.97 Å². The van der Waals surface area contributed by atoms with E-state index in [0.29, 0.717) is 0 Å². The lowest BCUT2D eigenvalue weighted by molar-refractivity contribution is 0.798. The van der Waals surface area contributed by atoms with Crippen molar-refractivity contribution in [3.63, 3.8) is 0 Å². The first kappa shape index (κ1) is 28.6. The van der Waals surface area contributed by atoms with Gasteiger partial charge in [0, 0.05) is 34.8 Å². The van der Waals surface area contributed by atoms with Crippen LogP contribution in [0, 0.1) is 5.92 Å². The van der Waals surface area contributed by atoms with Gasteiger partial charge in [-0.15, -0.1) is 0 Å². The number of aromatic nitrogens is 2. The molecule has 0 aliphatic heterocycles. The Bertz CT molecular complexity index is 2840. The summed E-state index contributed by atoms with van der Waals surface area (Å²) in [6, 6.07) is 52.9. The minimum atomic E-state index is 0.242. The Hall–Kier alpha value is -6.38. The molecule has 2 heteroatoms. The van der Waals surface area contributed by atoms with E-state index in [1.807, 2.05) is 24.5 Å². The molecule has 0 fully saturated rings. The number of pyridine rings is 2. The van der Waals surface area contributed by atoms with Gasteiger partial charge in [-0.25, -0.2) is 0 Å². The maximum Gasteiger partial charge on any atom is 0.0718 e. The third-order valence-corrected chi connectivity index (χ3v) is 10.5. The molecule has 1 atom stereocenters. The Labute approximate surface area is 290 Å². The fraction of sp³-hybridized carbons (Fsp3) is 0.0417. The predicted octanol–water partition coefficient (Wildman–Crippen LogP) is 10.2. The van der Waals surface area contributed by atoms with Crippen molar-refractivity contribution >= 4 is 43.6 Å². The van der Waals surface area contributed by atoms with Gasteiger partial charge in [-0.1, -0.05) is 127 Å². The van der Waals surface area contributed by atoms with Crippen molar-refractivity contribution in [3.8, 4) is 22.4 Å². The van der Waals surface area contributed by atoms with Crippen molar-refractivity contribution in [1.29, 1.82) is 0 Å². The summed E-state index contributed by atoms with van der Waals surface area (Å²) >= 11 is 0. The van der Waals surface area contributed by atoms with E-state index < -0.39 is 0 Å². The van der Waals surface area contributed by atoms with Crippen LogP contribution in [0.15, 0.2) is 182 Å². The highest BCUT2D eigenvalue weighted by atomic mass is 14.7. The van der Waals surface area contributed by atoms with Crippen LogP contribution in [0.5, 0.6) is 0 Å². The molecule has 1 unspecified atom stereocenters. The SMILES string of the molecule is C1=CCC2C(=C1)C(c1ccc3ccccc3c1)=c1ccc(-c3ccc(-c4cnc5ccccc5c4)nc3)cc1=C2c1ccc2ccccc2c1. The quantitative estimate of drug-likeness (QED) is 0.192. The second-order valence-electron chi connectivity index (χ2n) is 13.4. The van der Waals surface area contributed by atoms with Gasteiger partial charge in [-0.2, -0.15) is 0 Å². The molecular weight excluding hydrogens is 605 g/mol. The van der Waals surface area contributed by atoms with Crippen molar-refractivity contribution in [2.24, 2.45) is 5.92 Å². The van der Waals surface area contributed by atoms with Gasteiger partial charge in [0.2, 0.25) is 0 Å². The summed E-state index contributed by atoms with van der Waals surface area (Å²) in [6.07, 6.45) is 11.8. The van der Waals surface area contributed by atoms with Crippen LogP contribution in [0.1, 0.15) is 17.5 Å². The molecule has 8 aromatic rings. The Morgan fingerprint density at radius 1 is 0.460 bits per heavy atom. The molecule has 2 aliphatic carbocycles. The van der Waals surface area contributed by atoms with Crippen molar-refractivity contribution in [2.75, 3.05) is 0 Å². The van der Waals surface area contributed by atoms with E-state index in [1.54, 1.807) is 0 Å². The van der Waals surface area contributed by atoms with Gasteiger partial charge in [-0.05, 0) is 108 Å². The summed E-state index contributed by atoms with van der Waals surface area (Å²) in [5.74, 6) is 0.242. The van der Waals surface area contributed by atoms with Crippen LogP contribution in [0.3, 0.4) is 0 Å². The first-order valence-corrected chi connectivity index (χ1v) is 17.3. The summed E-state index contributed by atoms with van der Waals surface area (Å²) in [7, 11) is 0. The van der Waals surface area contributed by atoms with Crippen molar-refractivity contribution < 1.29 is 0 Å².